The van der Waals surface area contributed by atoms with Crippen molar-refractivity contribution in [2.24, 2.45) is 0 Å². The van der Waals surface area contributed by atoms with Crippen molar-refractivity contribution in [1.29, 1.82) is 0 Å². The van der Waals surface area contributed by atoms with Gasteiger partial charge >= 0.3 is 11.7 Å². The van der Waals surface area contributed by atoms with E-state index in [1.807, 2.05) is 0 Å². The van der Waals surface area contributed by atoms with Gasteiger partial charge in [-0.3, -0.25) is 4.79 Å². The Kier molecular flexibility index (Phi) is 6.45. The Morgan fingerprint density at radius 1 is 1.00 bits per heavy atom. The van der Waals surface area contributed by atoms with Gasteiger partial charge in [-0.05, 0) is 47.9 Å². The number of amides is 1. The summed E-state index contributed by atoms with van der Waals surface area (Å²) in [5.74, 6) is -2.02. The molecule has 0 aliphatic carbocycles. The number of hydrogen-bond acceptors (Lipinski definition) is 4. The number of halogens is 6. The number of rotatable bonds is 5. The van der Waals surface area contributed by atoms with Gasteiger partial charge in [-0.15, -0.1) is 0 Å². The van der Waals surface area contributed by atoms with Gasteiger partial charge in [-0.1, -0.05) is 12.1 Å². The fraction of sp³-hybridized carbons (Fsp3) is 0.350. The Balaban J connectivity index is 1.68. The van der Waals surface area contributed by atoms with E-state index in [0.29, 0.717) is 23.4 Å². The molecule has 0 aromatic heterocycles. The highest BCUT2D eigenvalue weighted by Gasteiger charge is 2.45. The number of sulfone groups is 1. The molecule has 12 heteroatoms. The van der Waals surface area contributed by atoms with E-state index in [2.05, 4.69) is 5.32 Å². The summed E-state index contributed by atoms with van der Waals surface area (Å²) in [6.45, 7) is 0.256. The van der Waals surface area contributed by atoms with Crippen molar-refractivity contribution >= 4 is 27.1 Å². The van der Waals surface area contributed by atoms with Crippen molar-refractivity contribution in [3.8, 4) is 0 Å². The van der Waals surface area contributed by atoms with Crippen molar-refractivity contribution < 1.29 is 39.6 Å². The first-order chi connectivity index (χ1) is 14.8. The van der Waals surface area contributed by atoms with E-state index in [1.54, 1.807) is 18.2 Å². The van der Waals surface area contributed by atoms with Crippen LogP contribution in [0.15, 0.2) is 42.5 Å². The van der Waals surface area contributed by atoms with E-state index in [1.165, 1.54) is 17.0 Å². The molecule has 0 radical (unpaired) electrons. The number of hydrogen-bond donors (Lipinski definition) is 1. The summed E-state index contributed by atoms with van der Waals surface area (Å²) in [5.41, 5.74) is -3.59. The summed E-state index contributed by atoms with van der Waals surface area (Å²) in [4.78, 5) is 13.5. The third kappa shape index (κ3) is 5.34. The highest BCUT2D eigenvalue weighted by molar-refractivity contribution is 7.92. The Labute approximate surface area is 179 Å². The quantitative estimate of drug-likeness (QED) is 0.633. The summed E-state index contributed by atoms with van der Waals surface area (Å²) >= 11 is 0. The molecule has 5 nitrogen and oxygen atoms in total. The molecule has 1 amide bonds. The second-order valence-electron chi connectivity index (χ2n) is 7.22. The third-order valence-electron chi connectivity index (χ3n) is 5.05. The van der Waals surface area contributed by atoms with Gasteiger partial charge in [0.25, 0.3) is 0 Å². The molecule has 0 unspecified atom stereocenters. The van der Waals surface area contributed by atoms with Crippen molar-refractivity contribution in [3.63, 3.8) is 0 Å². The van der Waals surface area contributed by atoms with Gasteiger partial charge in [0.1, 0.15) is 0 Å². The van der Waals surface area contributed by atoms with Crippen LogP contribution >= 0.6 is 0 Å². The Bertz CT molecular complexity index is 1100. The van der Waals surface area contributed by atoms with Crippen LogP contribution in [0.25, 0.3) is 0 Å². The van der Waals surface area contributed by atoms with Gasteiger partial charge in [0, 0.05) is 30.9 Å². The van der Waals surface area contributed by atoms with E-state index in [9.17, 15) is 39.6 Å². The summed E-state index contributed by atoms with van der Waals surface area (Å²) < 4.78 is 97.8. The van der Waals surface area contributed by atoms with Crippen molar-refractivity contribution in [3.05, 3.63) is 59.2 Å². The molecule has 1 aliphatic heterocycles. The summed E-state index contributed by atoms with van der Waals surface area (Å²) in [5, 5.41) is 3.04. The number of benzene rings is 2. The van der Waals surface area contributed by atoms with E-state index in [0.717, 1.165) is 17.7 Å². The van der Waals surface area contributed by atoms with Crippen LogP contribution in [0.1, 0.15) is 23.1 Å². The molecule has 1 N–H and O–H groups in total. The van der Waals surface area contributed by atoms with Crippen molar-refractivity contribution in [2.45, 2.75) is 31.1 Å². The van der Waals surface area contributed by atoms with Crippen LogP contribution < -0.4 is 5.32 Å². The number of anilines is 2. The molecule has 1 heterocycles. The molecular weight excluding hydrogens is 462 g/mol. The lowest BCUT2D eigenvalue weighted by Crippen LogP contribution is -2.38. The monoisotopic (exact) mass is 480 g/mol. The van der Waals surface area contributed by atoms with Gasteiger partial charge < -0.3 is 10.2 Å². The van der Waals surface area contributed by atoms with Gasteiger partial charge in [0.05, 0.1) is 11.3 Å². The van der Waals surface area contributed by atoms with Gasteiger partial charge in [-0.25, -0.2) is 8.42 Å². The minimum Gasteiger partial charge on any atom is -0.355 e. The average molecular weight is 480 g/mol. The SMILES string of the molecule is O=C(CCS(=O)(=O)C(F)(F)F)N1CCc2c(cccc2Nc2ccc(C(F)(F)F)cc2)C1. The standard InChI is InChI=1S/C20H18F6N2O3S/c21-19(22,23)14-4-6-15(7-5-14)27-17-3-1-2-13-12-28(10-8-16(13)17)18(29)9-11-32(30,31)20(24,25)26/h1-7,27H,8-12H2. The molecule has 0 saturated heterocycles. The van der Waals surface area contributed by atoms with E-state index >= 15 is 0 Å². The average Bonchev–Trinajstić information content (AvgIpc) is 2.71. The molecule has 2 aromatic rings. The third-order valence-corrected chi connectivity index (χ3v) is 6.49. The Morgan fingerprint density at radius 3 is 2.25 bits per heavy atom. The predicted octanol–water partition coefficient (Wildman–Crippen LogP) is 4.66. The van der Waals surface area contributed by atoms with Crippen LogP contribution in [0.4, 0.5) is 37.7 Å². The number of carbonyl (C=O) groups is 1. The topological polar surface area (TPSA) is 66.5 Å². The first-order valence-electron chi connectivity index (χ1n) is 9.40. The van der Waals surface area contributed by atoms with Crippen LogP contribution in [0, 0.1) is 0 Å². The zero-order valence-electron chi connectivity index (χ0n) is 16.4. The van der Waals surface area contributed by atoms with Crippen molar-refractivity contribution in [1.82, 2.24) is 4.90 Å². The number of nitrogens with zero attached hydrogens (tertiary/aromatic N) is 1. The lowest BCUT2D eigenvalue weighted by atomic mass is 9.97. The number of fused-ring (bicyclic) bond motifs is 1. The Hall–Kier alpha value is -2.76. The van der Waals surface area contributed by atoms with E-state index in [4.69, 9.17) is 0 Å². The molecule has 0 atom stereocenters. The smallest absolute Gasteiger partial charge is 0.355 e. The molecule has 0 bridgehead atoms. The highest BCUT2D eigenvalue weighted by atomic mass is 32.2. The maximum Gasteiger partial charge on any atom is 0.497 e. The van der Waals surface area contributed by atoms with Gasteiger partial charge in [0.15, 0.2) is 0 Å². The van der Waals surface area contributed by atoms with Crippen molar-refractivity contribution in [2.75, 3.05) is 17.6 Å². The Morgan fingerprint density at radius 2 is 1.66 bits per heavy atom. The molecule has 0 fully saturated rings. The molecule has 0 saturated carbocycles. The summed E-state index contributed by atoms with van der Waals surface area (Å²) in [7, 11) is -5.37. The minimum absolute atomic E-state index is 0.0861. The minimum atomic E-state index is -5.40. The molecule has 0 spiro atoms. The normalized spacial score (nSPS) is 14.8. The molecular formula is C20H18F6N2O3S. The van der Waals surface area contributed by atoms with Crippen LogP contribution in [-0.2, 0) is 33.8 Å². The van der Waals surface area contributed by atoms with Crippen LogP contribution in [-0.4, -0.2) is 37.0 Å². The second-order valence-corrected chi connectivity index (χ2v) is 9.32. The molecule has 3 rings (SSSR count). The number of carbonyl (C=O) groups excluding carboxylic acids is 1. The van der Waals surface area contributed by atoms with E-state index in [-0.39, 0.29) is 13.1 Å². The lowest BCUT2D eigenvalue weighted by Gasteiger charge is -2.30. The fourth-order valence-electron chi connectivity index (χ4n) is 3.33. The van der Waals surface area contributed by atoms with Crippen LogP contribution in [0.2, 0.25) is 0 Å². The molecule has 174 valence electrons. The van der Waals surface area contributed by atoms with E-state index < -0.39 is 45.2 Å². The molecule has 2 aromatic carbocycles. The zero-order valence-corrected chi connectivity index (χ0v) is 17.2. The van der Waals surface area contributed by atoms with Gasteiger partial charge in [-0.2, -0.15) is 26.3 Å². The number of alkyl halides is 6. The van der Waals surface area contributed by atoms with Crippen LogP contribution in [0.5, 0.6) is 0 Å². The largest absolute Gasteiger partial charge is 0.497 e. The highest BCUT2D eigenvalue weighted by Crippen LogP contribution is 2.32. The zero-order chi connectivity index (χ0) is 23.7. The predicted molar refractivity (Wildman–Crippen MR) is 105 cm³/mol. The second kappa shape index (κ2) is 8.64. The maximum absolute atomic E-state index is 12.7. The fourth-order valence-corrected chi connectivity index (χ4v) is 4.01. The summed E-state index contributed by atoms with van der Waals surface area (Å²) in [6.07, 6.45) is -4.88. The van der Waals surface area contributed by atoms with Gasteiger partial charge in [0.2, 0.25) is 15.7 Å². The molecule has 1 aliphatic rings. The first kappa shape index (κ1) is 23.9. The maximum atomic E-state index is 12.7. The summed E-state index contributed by atoms with van der Waals surface area (Å²) in [6, 6.07) is 9.61. The first-order valence-corrected chi connectivity index (χ1v) is 11.0. The van der Waals surface area contributed by atoms with Crippen LogP contribution in [0.3, 0.4) is 0 Å². The number of nitrogens with one attached hydrogen (secondary N) is 1. The lowest BCUT2D eigenvalue weighted by molar-refractivity contribution is -0.137. The molecule has 32 heavy (non-hydrogen) atoms.